The maximum Gasteiger partial charge on any atom is 0.246 e. The standard InChI is InChI=1S/C19H21N3O3S/c1-21(16-9-12-26(24,25)14-16)19(23)8-7-15-13-22(11-4-10-20)18-6-3-2-5-17(15)18/h2-3,5-8,13,16H,4,9,11-12,14H2,1H3/b8-7+. The Morgan fingerprint density at radius 3 is 2.88 bits per heavy atom. The second kappa shape index (κ2) is 7.34. The van der Waals surface area contributed by atoms with E-state index in [0.29, 0.717) is 19.4 Å². The third kappa shape index (κ3) is 3.81. The van der Waals surface area contributed by atoms with Gasteiger partial charge in [-0.2, -0.15) is 5.26 Å². The van der Waals surface area contributed by atoms with Crippen molar-refractivity contribution in [1.29, 1.82) is 5.26 Å². The van der Waals surface area contributed by atoms with Gasteiger partial charge in [0.05, 0.1) is 24.0 Å². The maximum absolute atomic E-state index is 12.4. The van der Waals surface area contributed by atoms with Crippen molar-refractivity contribution in [2.75, 3.05) is 18.6 Å². The first-order chi connectivity index (χ1) is 12.4. The van der Waals surface area contributed by atoms with E-state index < -0.39 is 9.84 Å². The van der Waals surface area contributed by atoms with E-state index in [4.69, 9.17) is 5.26 Å². The number of benzene rings is 1. The fraction of sp³-hybridized carbons (Fsp3) is 0.368. The Balaban J connectivity index is 1.80. The van der Waals surface area contributed by atoms with Crippen LogP contribution in [0, 0.1) is 11.3 Å². The zero-order valence-corrected chi connectivity index (χ0v) is 15.4. The Labute approximate surface area is 153 Å². The van der Waals surface area contributed by atoms with Gasteiger partial charge >= 0.3 is 0 Å². The zero-order chi connectivity index (χ0) is 18.7. The quantitative estimate of drug-likeness (QED) is 0.755. The number of nitriles is 1. The van der Waals surface area contributed by atoms with Crippen LogP contribution in [0.5, 0.6) is 0 Å². The Bertz CT molecular complexity index is 999. The van der Waals surface area contributed by atoms with Gasteiger partial charge < -0.3 is 9.47 Å². The first-order valence-electron chi connectivity index (χ1n) is 8.51. The maximum atomic E-state index is 12.4. The molecule has 0 N–H and O–H groups in total. The van der Waals surface area contributed by atoms with Crippen LogP contribution in [0.2, 0.25) is 0 Å². The molecule has 2 heterocycles. The lowest BCUT2D eigenvalue weighted by atomic mass is 10.1. The van der Waals surface area contributed by atoms with E-state index in [2.05, 4.69) is 6.07 Å². The number of aryl methyl sites for hydroxylation is 1. The first-order valence-corrected chi connectivity index (χ1v) is 10.3. The molecule has 1 amide bonds. The summed E-state index contributed by atoms with van der Waals surface area (Å²) in [5.74, 6) is -0.0250. The van der Waals surface area contributed by atoms with Crippen molar-refractivity contribution in [1.82, 2.24) is 9.47 Å². The van der Waals surface area contributed by atoms with Crippen LogP contribution in [0.25, 0.3) is 17.0 Å². The summed E-state index contributed by atoms with van der Waals surface area (Å²) in [5, 5.41) is 9.83. The number of sulfone groups is 1. The Morgan fingerprint density at radius 1 is 1.42 bits per heavy atom. The molecule has 3 rings (SSSR count). The second-order valence-electron chi connectivity index (χ2n) is 6.54. The summed E-state index contributed by atoms with van der Waals surface area (Å²) in [4.78, 5) is 13.9. The van der Waals surface area contributed by atoms with Crippen molar-refractivity contribution < 1.29 is 13.2 Å². The molecule has 2 aromatic rings. The van der Waals surface area contributed by atoms with Crippen LogP contribution in [0.15, 0.2) is 36.5 Å². The summed E-state index contributed by atoms with van der Waals surface area (Å²) in [6.45, 7) is 0.596. The van der Waals surface area contributed by atoms with E-state index in [-0.39, 0.29) is 23.5 Å². The number of hydrogen-bond acceptors (Lipinski definition) is 4. The molecule has 1 aromatic carbocycles. The van der Waals surface area contributed by atoms with Gasteiger partial charge in [0.2, 0.25) is 5.91 Å². The molecule has 1 aliphatic heterocycles. The minimum Gasteiger partial charge on any atom is -0.346 e. The molecule has 6 nitrogen and oxygen atoms in total. The molecule has 1 aromatic heterocycles. The Kier molecular flexibility index (Phi) is 5.14. The molecule has 0 radical (unpaired) electrons. The smallest absolute Gasteiger partial charge is 0.246 e. The molecule has 1 fully saturated rings. The van der Waals surface area contributed by atoms with E-state index in [1.165, 1.54) is 11.0 Å². The fourth-order valence-corrected chi connectivity index (χ4v) is 5.08. The number of nitrogens with zero attached hydrogens (tertiary/aromatic N) is 3. The van der Waals surface area contributed by atoms with Crippen molar-refractivity contribution >= 4 is 32.7 Å². The highest BCUT2D eigenvalue weighted by Gasteiger charge is 2.32. The molecule has 0 bridgehead atoms. The molecule has 0 saturated carbocycles. The lowest BCUT2D eigenvalue weighted by molar-refractivity contribution is -0.126. The van der Waals surface area contributed by atoms with E-state index in [9.17, 15) is 13.2 Å². The minimum absolute atomic E-state index is 0.0382. The van der Waals surface area contributed by atoms with Gasteiger partial charge in [0.15, 0.2) is 9.84 Å². The lowest BCUT2D eigenvalue weighted by Gasteiger charge is -2.21. The third-order valence-corrected chi connectivity index (χ3v) is 6.54. The van der Waals surface area contributed by atoms with Gasteiger partial charge in [-0.3, -0.25) is 4.79 Å². The van der Waals surface area contributed by atoms with Crippen molar-refractivity contribution in [3.8, 4) is 6.07 Å². The summed E-state index contributed by atoms with van der Waals surface area (Å²) in [5.41, 5.74) is 1.92. The second-order valence-corrected chi connectivity index (χ2v) is 8.77. The van der Waals surface area contributed by atoms with E-state index in [1.54, 1.807) is 13.1 Å². The monoisotopic (exact) mass is 371 g/mol. The fourth-order valence-electron chi connectivity index (χ4n) is 3.30. The Hall–Kier alpha value is -2.59. The summed E-state index contributed by atoms with van der Waals surface area (Å²) >= 11 is 0. The Morgan fingerprint density at radius 2 is 2.19 bits per heavy atom. The van der Waals surface area contributed by atoms with Crippen molar-refractivity contribution in [3.63, 3.8) is 0 Å². The summed E-state index contributed by atoms with van der Waals surface area (Å²) in [6, 6.07) is 9.74. The highest BCUT2D eigenvalue weighted by atomic mass is 32.2. The number of fused-ring (bicyclic) bond motifs is 1. The molecule has 1 saturated heterocycles. The predicted molar refractivity (Wildman–Crippen MR) is 101 cm³/mol. The van der Waals surface area contributed by atoms with E-state index >= 15 is 0 Å². The van der Waals surface area contributed by atoms with Gasteiger partial charge in [-0.05, 0) is 18.6 Å². The number of rotatable bonds is 5. The molecule has 26 heavy (non-hydrogen) atoms. The molecule has 1 unspecified atom stereocenters. The number of para-hydroxylation sites is 1. The van der Waals surface area contributed by atoms with Crippen molar-refractivity contribution in [2.24, 2.45) is 0 Å². The summed E-state index contributed by atoms with van der Waals surface area (Å²) < 4.78 is 25.2. The lowest BCUT2D eigenvalue weighted by Crippen LogP contribution is -2.36. The number of amides is 1. The van der Waals surface area contributed by atoms with Crippen LogP contribution in [0.1, 0.15) is 18.4 Å². The van der Waals surface area contributed by atoms with Gasteiger partial charge in [0, 0.05) is 48.4 Å². The van der Waals surface area contributed by atoms with Crippen LogP contribution >= 0.6 is 0 Å². The molecule has 1 aliphatic rings. The van der Waals surface area contributed by atoms with Gasteiger partial charge in [-0.15, -0.1) is 0 Å². The number of aromatic nitrogens is 1. The largest absolute Gasteiger partial charge is 0.346 e. The number of carbonyl (C=O) groups is 1. The highest BCUT2D eigenvalue weighted by molar-refractivity contribution is 7.91. The van der Waals surface area contributed by atoms with Crippen LogP contribution in [0.3, 0.4) is 0 Å². The first kappa shape index (κ1) is 18.2. The van der Waals surface area contributed by atoms with Gasteiger partial charge in [-0.25, -0.2) is 8.42 Å². The topological polar surface area (TPSA) is 83.2 Å². The van der Waals surface area contributed by atoms with Crippen LogP contribution in [-0.4, -0.2) is 48.4 Å². The third-order valence-electron chi connectivity index (χ3n) is 4.79. The highest BCUT2D eigenvalue weighted by Crippen LogP contribution is 2.23. The zero-order valence-electron chi connectivity index (χ0n) is 14.6. The van der Waals surface area contributed by atoms with Crippen molar-refractivity contribution in [3.05, 3.63) is 42.1 Å². The normalized spacial score (nSPS) is 19.0. The number of carbonyl (C=O) groups excluding carboxylic acids is 1. The van der Waals surface area contributed by atoms with Crippen LogP contribution < -0.4 is 0 Å². The van der Waals surface area contributed by atoms with Gasteiger partial charge in [0.1, 0.15) is 0 Å². The molecule has 0 spiro atoms. The summed E-state index contributed by atoms with van der Waals surface area (Å²) in [6.07, 6.45) is 6.09. The van der Waals surface area contributed by atoms with E-state index in [1.807, 2.05) is 35.0 Å². The molecule has 1 atom stereocenters. The average Bonchev–Trinajstić information content (AvgIpc) is 3.17. The predicted octanol–water partition coefficient (Wildman–Crippen LogP) is 2.21. The molecule has 7 heteroatoms. The van der Waals surface area contributed by atoms with Gasteiger partial charge in [0.25, 0.3) is 0 Å². The van der Waals surface area contributed by atoms with Crippen LogP contribution in [0.4, 0.5) is 0 Å². The van der Waals surface area contributed by atoms with Crippen molar-refractivity contribution in [2.45, 2.75) is 25.4 Å². The number of hydrogen-bond donors (Lipinski definition) is 0. The molecule has 0 aliphatic carbocycles. The molecular weight excluding hydrogens is 350 g/mol. The average molecular weight is 371 g/mol. The minimum atomic E-state index is -3.02. The number of likely N-dealkylation sites (N-methyl/N-ethyl adjacent to an activating group) is 1. The van der Waals surface area contributed by atoms with E-state index in [0.717, 1.165) is 16.5 Å². The van der Waals surface area contributed by atoms with Crippen LogP contribution in [-0.2, 0) is 21.2 Å². The molecule has 136 valence electrons. The SMILES string of the molecule is CN(C(=O)/C=C/c1cn(CCC#N)c2ccccc12)C1CCS(=O)(=O)C1. The summed E-state index contributed by atoms with van der Waals surface area (Å²) in [7, 11) is -1.38. The van der Waals surface area contributed by atoms with Gasteiger partial charge in [-0.1, -0.05) is 18.2 Å². The molecular formula is C19H21N3O3S.